The Morgan fingerprint density at radius 1 is 1.21 bits per heavy atom. The number of aromatic nitrogens is 1. The van der Waals surface area contributed by atoms with Crippen molar-refractivity contribution in [3.05, 3.63) is 59.4 Å². The van der Waals surface area contributed by atoms with E-state index in [4.69, 9.17) is 0 Å². The molecule has 0 bridgehead atoms. The summed E-state index contributed by atoms with van der Waals surface area (Å²) in [6, 6.07) is 11.7. The first-order chi connectivity index (χ1) is 9.24. The molecular formula is C16H20N2O. The van der Waals surface area contributed by atoms with Crippen molar-refractivity contribution in [2.75, 3.05) is 7.05 Å². The molecule has 0 spiro atoms. The number of aromatic hydroxyl groups is 1. The fraction of sp³-hybridized carbons (Fsp3) is 0.312. The van der Waals surface area contributed by atoms with Crippen molar-refractivity contribution in [2.24, 2.45) is 0 Å². The summed E-state index contributed by atoms with van der Waals surface area (Å²) in [4.78, 5) is 4.52. The van der Waals surface area contributed by atoms with Crippen LogP contribution >= 0.6 is 0 Å². The second kappa shape index (κ2) is 6.34. The highest BCUT2D eigenvalue weighted by Gasteiger charge is 2.14. The van der Waals surface area contributed by atoms with Gasteiger partial charge < -0.3 is 10.4 Å². The molecule has 3 heteroatoms. The van der Waals surface area contributed by atoms with Crippen molar-refractivity contribution >= 4 is 0 Å². The van der Waals surface area contributed by atoms with Gasteiger partial charge in [-0.15, -0.1) is 0 Å². The maximum Gasteiger partial charge on any atom is 0.115 e. The second-order valence-electron chi connectivity index (χ2n) is 4.61. The molecule has 1 aromatic carbocycles. The minimum atomic E-state index is 0.195. The molecule has 1 unspecified atom stereocenters. The third-order valence-electron chi connectivity index (χ3n) is 3.36. The largest absolute Gasteiger partial charge is 0.508 e. The summed E-state index contributed by atoms with van der Waals surface area (Å²) in [5.74, 6) is 0.303. The van der Waals surface area contributed by atoms with Crippen molar-refractivity contribution in [2.45, 2.75) is 25.8 Å². The molecule has 1 aromatic heterocycles. The zero-order valence-corrected chi connectivity index (χ0v) is 11.4. The fourth-order valence-corrected chi connectivity index (χ4v) is 2.27. The van der Waals surface area contributed by atoms with Crippen molar-refractivity contribution in [3.8, 4) is 5.75 Å². The Labute approximate surface area is 114 Å². The Kier molecular flexibility index (Phi) is 4.53. The van der Waals surface area contributed by atoms with Gasteiger partial charge in [0.25, 0.3) is 0 Å². The summed E-state index contributed by atoms with van der Waals surface area (Å²) < 4.78 is 0. The molecule has 0 aliphatic heterocycles. The van der Waals surface area contributed by atoms with Gasteiger partial charge in [-0.3, -0.25) is 4.98 Å². The van der Waals surface area contributed by atoms with Gasteiger partial charge in [-0.2, -0.15) is 0 Å². The van der Waals surface area contributed by atoms with Gasteiger partial charge in [0.15, 0.2) is 0 Å². The first-order valence-corrected chi connectivity index (χ1v) is 6.63. The Morgan fingerprint density at radius 3 is 2.58 bits per heavy atom. The smallest absolute Gasteiger partial charge is 0.115 e. The SMILES string of the molecule is CCc1cccnc1C(Cc1ccc(O)cc1)NC. The Balaban J connectivity index is 2.22. The molecule has 0 radical (unpaired) electrons. The predicted octanol–water partition coefficient (Wildman–Crippen LogP) is 2.85. The maximum absolute atomic E-state index is 9.32. The van der Waals surface area contributed by atoms with Crippen LogP contribution in [0.5, 0.6) is 5.75 Å². The highest BCUT2D eigenvalue weighted by atomic mass is 16.3. The lowest BCUT2D eigenvalue weighted by Crippen LogP contribution is -2.21. The topological polar surface area (TPSA) is 45.2 Å². The zero-order valence-electron chi connectivity index (χ0n) is 11.4. The molecule has 2 N–H and O–H groups in total. The number of phenols is 1. The van der Waals surface area contributed by atoms with Crippen LogP contribution in [0, 0.1) is 0 Å². The van der Waals surface area contributed by atoms with Crippen LogP contribution in [0.4, 0.5) is 0 Å². The molecular weight excluding hydrogens is 236 g/mol. The molecule has 1 heterocycles. The number of hydrogen-bond donors (Lipinski definition) is 2. The van der Waals surface area contributed by atoms with Crippen LogP contribution in [0.25, 0.3) is 0 Å². The van der Waals surface area contributed by atoms with E-state index >= 15 is 0 Å². The van der Waals surface area contributed by atoms with Crippen LogP contribution in [-0.2, 0) is 12.8 Å². The zero-order chi connectivity index (χ0) is 13.7. The Hall–Kier alpha value is -1.87. The Morgan fingerprint density at radius 2 is 1.95 bits per heavy atom. The number of phenolic OH excluding ortho intramolecular Hbond substituents is 1. The van der Waals surface area contributed by atoms with Gasteiger partial charge >= 0.3 is 0 Å². The van der Waals surface area contributed by atoms with Gasteiger partial charge in [0.2, 0.25) is 0 Å². The molecule has 0 saturated carbocycles. The van der Waals surface area contributed by atoms with Crippen molar-refractivity contribution in [1.82, 2.24) is 10.3 Å². The number of nitrogens with one attached hydrogen (secondary N) is 1. The number of likely N-dealkylation sites (N-methyl/N-ethyl adjacent to an activating group) is 1. The van der Waals surface area contributed by atoms with Gasteiger partial charge in [-0.05, 0) is 49.2 Å². The quantitative estimate of drug-likeness (QED) is 0.864. The van der Waals surface area contributed by atoms with E-state index in [-0.39, 0.29) is 6.04 Å². The highest BCUT2D eigenvalue weighted by Crippen LogP contribution is 2.21. The Bertz CT molecular complexity index is 523. The lowest BCUT2D eigenvalue weighted by molar-refractivity contribution is 0.474. The highest BCUT2D eigenvalue weighted by molar-refractivity contribution is 5.29. The molecule has 0 aliphatic rings. The van der Waals surface area contributed by atoms with Crippen molar-refractivity contribution in [1.29, 1.82) is 0 Å². The number of pyridine rings is 1. The molecule has 0 fully saturated rings. The number of hydrogen-bond acceptors (Lipinski definition) is 3. The van der Waals surface area contributed by atoms with Crippen LogP contribution in [0.15, 0.2) is 42.6 Å². The van der Waals surface area contributed by atoms with E-state index in [1.165, 1.54) is 11.1 Å². The summed E-state index contributed by atoms with van der Waals surface area (Å²) in [5.41, 5.74) is 3.58. The monoisotopic (exact) mass is 256 g/mol. The molecule has 19 heavy (non-hydrogen) atoms. The minimum absolute atomic E-state index is 0.195. The maximum atomic E-state index is 9.32. The first-order valence-electron chi connectivity index (χ1n) is 6.63. The van der Waals surface area contributed by atoms with Crippen LogP contribution in [0.1, 0.15) is 29.8 Å². The van der Waals surface area contributed by atoms with Crippen LogP contribution in [0.2, 0.25) is 0 Å². The van der Waals surface area contributed by atoms with E-state index in [1.54, 1.807) is 12.1 Å². The number of benzene rings is 1. The number of rotatable bonds is 5. The minimum Gasteiger partial charge on any atom is -0.508 e. The van der Waals surface area contributed by atoms with Gasteiger partial charge in [-0.1, -0.05) is 25.1 Å². The number of nitrogens with zero attached hydrogens (tertiary/aromatic N) is 1. The third kappa shape index (κ3) is 3.32. The summed E-state index contributed by atoms with van der Waals surface area (Å²) in [5, 5.41) is 12.7. The molecule has 100 valence electrons. The van der Waals surface area contributed by atoms with Gasteiger partial charge in [-0.25, -0.2) is 0 Å². The summed E-state index contributed by atoms with van der Waals surface area (Å²) >= 11 is 0. The average molecular weight is 256 g/mol. The van der Waals surface area contributed by atoms with E-state index in [0.717, 1.165) is 18.5 Å². The number of aryl methyl sites for hydroxylation is 1. The van der Waals surface area contributed by atoms with E-state index in [2.05, 4.69) is 23.3 Å². The van der Waals surface area contributed by atoms with Crippen molar-refractivity contribution in [3.63, 3.8) is 0 Å². The molecule has 3 nitrogen and oxygen atoms in total. The van der Waals surface area contributed by atoms with E-state index < -0.39 is 0 Å². The van der Waals surface area contributed by atoms with Crippen molar-refractivity contribution < 1.29 is 5.11 Å². The summed E-state index contributed by atoms with van der Waals surface area (Å²) in [7, 11) is 1.96. The normalized spacial score (nSPS) is 12.3. The van der Waals surface area contributed by atoms with E-state index in [1.807, 2.05) is 31.4 Å². The average Bonchev–Trinajstić information content (AvgIpc) is 2.46. The standard InChI is InChI=1S/C16H20N2O/c1-3-13-5-4-10-18-16(13)15(17-2)11-12-6-8-14(19)9-7-12/h4-10,15,17,19H,3,11H2,1-2H3. The van der Waals surface area contributed by atoms with Crippen LogP contribution in [-0.4, -0.2) is 17.1 Å². The van der Waals surface area contributed by atoms with Gasteiger partial charge in [0.05, 0.1) is 11.7 Å². The van der Waals surface area contributed by atoms with Crippen LogP contribution < -0.4 is 5.32 Å². The third-order valence-corrected chi connectivity index (χ3v) is 3.36. The second-order valence-corrected chi connectivity index (χ2v) is 4.61. The fourth-order valence-electron chi connectivity index (χ4n) is 2.27. The lowest BCUT2D eigenvalue weighted by atomic mass is 9.98. The molecule has 1 atom stereocenters. The van der Waals surface area contributed by atoms with E-state index in [9.17, 15) is 5.11 Å². The van der Waals surface area contributed by atoms with Gasteiger partial charge in [0.1, 0.15) is 5.75 Å². The molecule has 2 aromatic rings. The lowest BCUT2D eigenvalue weighted by Gasteiger charge is -2.18. The first kappa shape index (κ1) is 13.6. The van der Waals surface area contributed by atoms with Crippen LogP contribution in [0.3, 0.4) is 0 Å². The summed E-state index contributed by atoms with van der Waals surface area (Å²) in [6.45, 7) is 2.15. The summed E-state index contributed by atoms with van der Waals surface area (Å²) in [6.07, 6.45) is 3.69. The van der Waals surface area contributed by atoms with E-state index in [0.29, 0.717) is 5.75 Å². The molecule has 0 saturated heterocycles. The molecule has 2 rings (SSSR count). The van der Waals surface area contributed by atoms with Gasteiger partial charge in [0, 0.05) is 6.20 Å². The molecule has 0 amide bonds. The molecule has 0 aliphatic carbocycles. The predicted molar refractivity (Wildman–Crippen MR) is 77.2 cm³/mol.